The van der Waals surface area contributed by atoms with Crippen molar-refractivity contribution in [2.24, 2.45) is 5.92 Å². The second-order valence-electron chi connectivity index (χ2n) is 5.27. The summed E-state index contributed by atoms with van der Waals surface area (Å²) in [5.74, 6) is 1.00. The third-order valence-electron chi connectivity index (χ3n) is 3.58. The first-order valence-electron chi connectivity index (χ1n) is 6.67. The van der Waals surface area contributed by atoms with E-state index >= 15 is 0 Å². The minimum atomic E-state index is -0.193. The van der Waals surface area contributed by atoms with E-state index in [0.717, 1.165) is 31.6 Å². The number of carbonyl (C=O) groups excluding carboxylic acids is 1. The van der Waals surface area contributed by atoms with Crippen molar-refractivity contribution >= 4 is 11.7 Å². The minimum absolute atomic E-state index is 0.0507. The highest BCUT2D eigenvalue weighted by Crippen LogP contribution is 2.25. The number of nitrogens with one attached hydrogen (secondary N) is 1. The maximum atomic E-state index is 11.7. The Morgan fingerprint density at radius 1 is 1.47 bits per heavy atom. The molecule has 1 heterocycles. The van der Waals surface area contributed by atoms with Crippen LogP contribution in [-0.2, 0) is 0 Å². The van der Waals surface area contributed by atoms with Gasteiger partial charge in [-0.05, 0) is 25.0 Å². The lowest BCUT2D eigenvalue weighted by Crippen LogP contribution is -2.23. The number of hydrogen-bond acceptors (Lipinski definition) is 4. The molecular weight excluding hydrogens is 242 g/mol. The van der Waals surface area contributed by atoms with Crippen molar-refractivity contribution in [1.82, 2.24) is 9.88 Å². The first kappa shape index (κ1) is 13.8. The molecule has 0 radical (unpaired) electrons. The number of anilines is 1. The highest BCUT2D eigenvalue weighted by atomic mass is 16.3. The highest BCUT2D eigenvalue weighted by molar-refractivity contribution is 5.93. The Kier molecular flexibility index (Phi) is 4.37. The van der Waals surface area contributed by atoms with Gasteiger partial charge in [0.15, 0.2) is 0 Å². The molecule has 104 valence electrons. The zero-order valence-electron chi connectivity index (χ0n) is 11.5. The van der Waals surface area contributed by atoms with E-state index in [9.17, 15) is 9.90 Å². The van der Waals surface area contributed by atoms with Gasteiger partial charge in [-0.1, -0.05) is 6.42 Å². The van der Waals surface area contributed by atoms with Gasteiger partial charge in [0.25, 0.3) is 5.91 Å². The van der Waals surface area contributed by atoms with Crippen molar-refractivity contribution in [1.29, 1.82) is 0 Å². The van der Waals surface area contributed by atoms with Crippen molar-refractivity contribution in [2.45, 2.75) is 25.4 Å². The van der Waals surface area contributed by atoms with Crippen LogP contribution in [0.25, 0.3) is 0 Å². The fourth-order valence-corrected chi connectivity index (χ4v) is 2.37. The SMILES string of the molecule is CN(C)C(=O)c1ccc(NCC2CCCC2O)nc1. The van der Waals surface area contributed by atoms with Gasteiger partial charge in [0, 0.05) is 32.8 Å². The number of pyridine rings is 1. The maximum Gasteiger partial charge on any atom is 0.254 e. The van der Waals surface area contributed by atoms with Gasteiger partial charge in [0.1, 0.15) is 5.82 Å². The molecule has 2 N–H and O–H groups in total. The molecule has 2 atom stereocenters. The molecule has 1 aliphatic rings. The Bertz CT molecular complexity index is 431. The number of nitrogens with zero attached hydrogens (tertiary/aromatic N) is 2. The van der Waals surface area contributed by atoms with Crippen LogP contribution in [0.15, 0.2) is 18.3 Å². The van der Waals surface area contributed by atoms with Gasteiger partial charge < -0.3 is 15.3 Å². The summed E-state index contributed by atoms with van der Waals surface area (Å²) in [4.78, 5) is 17.5. The van der Waals surface area contributed by atoms with Crippen molar-refractivity contribution in [3.05, 3.63) is 23.9 Å². The van der Waals surface area contributed by atoms with Crippen molar-refractivity contribution in [2.75, 3.05) is 26.0 Å². The fourth-order valence-electron chi connectivity index (χ4n) is 2.37. The van der Waals surface area contributed by atoms with Gasteiger partial charge in [0.05, 0.1) is 11.7 Å². The van der Waals surface area contributed by atoms with Gasteiger partial charge in [-0.2, -0.15) is 0 Å². The third-order valence-corrected chi connectivity index (χ3v) is 3.58. The van der Waals surface area contributed by atoms with E-state index in [-0.39, 0.29) is 12.0 Å². The third kappa shape index (κ3) is 3.44. The van der Waals surface area contributed by atoms with Crippen molar-refractivity contribution in [3.8, 4) is 0 Å². The summed E-state index contributed by atoms with van der Waals surface area (Å²) in [6, 6.07) is 3.57. The highest BCUT2D eigenvalue weighted by Gasteiger charge is 2.24. The fraction of sp³-hybridized carbons (Fsp3) is 0.571. The molecule has 2 unspecified atom stereocenters. The first-order valence-corrected chi connectivity index (χ1v) is 6.67. The number of aliphatic hydroxyl groups is 1. The summed E-state index contributed by atoms with van der Waals surface area (Å²) in [7, 11) is 3.44. The zero-order valence-corrected chi connectivity index (χ0v) is 11.5. The quantitative estimate of drug-likeness (QED) is 0.860. The Hall–Kier alpha value is -1.62. The second kappa shape index (κ2) is 6.02. The van der Waals surface area contributed by atoms with Gasteiger partial charge in [-0.15, -0.1) is 0 Å². The topological polar surface area (TPSA) is 65.5 Å². The molecule has 1 saturated carbocycles. The lowest BCUT2D eigenvalue weighted by molar-refractivity contribution is 0.0827. The molecule has 1 amide bonds. The Labute approximate surface area is 113 Å². The van der Waals surface area contributed by atoms with Crippen LogP contribution in [0.4, 0.5) is 5.82 Å². The summed E-state index contributed by atoms with van der Waals surface area (Å²) in [5, 5.41) is 13.0. The Morgan fingerprint density at radius 3 is 2.79 bits per heavy atom. The normalized spacial score (nSPS) is 22.3. The van der Waals surface area contributed by atoms with Crippen LogP contribution < -0.4 is 5.32 Å². The summed E-state index contributed by atoms with van der Waals surface area (Å²) in [6.07, 6.45) is 4.44. The molecule has 0 bridgehead atoms. The lowest BCUT2D eigenvalue weighted by Gasteiger charge is -2.15. The molecule has 1 aromatic heterocycles. The molecule has 0 saturated heterocycles. The van der Waals surface area contributed by atoms with E-state index in [1.165, 1.54) is 4.90 Å². The summed E-state index contributed by atoms with van der Waals surface area (Å²) in [6.45, 7) is 0.731. The van der Waals surface area contributed by atoms with E-state index in [1.807, 2.05) is 0 Å². The van der Waals surface area contributed by atoms with Crippen LogP contribution in [0.3, 0.4) is 0 Å². The molecule has 1 fully saturated rings. The monoisotopic (exact) mass is 263 g/mol. The predicted octanol–water partition coefficient (Wildman–Crippen LogP) is 1.36. The van der Waals surface area contributed by atoms with Crippen LogP contribution in [0.1, 0.15) is 29.6 Å². The minimum Gasteiger partial charge on any atom is -0.393 e. The number of hydrogen-bond donors (Lipinski definition) is 2. The second-order valence-corrected chi connectivity index (χ2v) is 5.27. The van der Waals surface area contributed by atoms with Gasteiger partial charge in [0.2, 0.25) is 0 Å². The average molecular weight is 263 g/mol. The molecule has 19 heavy (non-hydrogen) atoms. The predicted molar refractivity (Wildman–Crippen MR) is 74.1 cm³/mol. The first-order chi connectivity index (χ1) is 9.08. The Balaban J connectivity index is 1.90. The van der Waals surface area contributed by atoms with Crippen LogP contribution in [-0.4, -0.2) is 47.6 Å². The van der Waals surface area contributed by atoms with E-state index in [4.69, 9.17) is 0 Å². The summed E-state index contributed by atoms with van der Waals surface area (Å²) in [5.41, 5.74) is 0.580. The summed E-state index contributed by atoms with van der Waals surface area (Å²) >= 11 is 0. The molecule has 5 nitrogen and oxygen atoms in total. The number of aliphatic hydroxyl groups excluding tert-OH is 1. The number of carbonyl (C=O) groups is 1. The Morgan fingerprint density at radius 2 is 2.26 bits per heavy atom. The van der Waals surface area contributed by atoms with E-state index in [0.29, 0.717) is 11.5 Å². The average Bonchev–Trinajstić information content (AvgIpc) is 2.81. The molecular formula is C14H21N3O2. The zero-order chi connectivity index (χ0) is 13.8. The molecule has 1 aliphatic carbocycles. The van der Waals surface area contributed by atoms with Gasteiger partial charge in [-0.25, -0.2) is 4.98 Å². The number of rotatable bonds is 4. The van der Waals surface area contributed by atoms with E-state index in [2.05, 4.69) is 10.3 Å². The molecule has 0 aliphatic heterocycles. The van der Waals surface area contributed by atoms with Crippen LogP contribution in [0, 0.1) is 5.92 Å². The smallest absolute Gasteiger partial charge is 0.254 e. The van der Waals surface area contributed by atoms with Crippen LogP contribution in [0.2, 0.25) is 0 Å². The molecule has 0 spiro atoms. The largest absolute Gasteiger partial charge is 0.393 e. The van der Waals surface area contributed by atoms with Gasteiger partial charge >= 0.3 is 0 Å². The standard InChI is InChI=1S/C14H21N3O2/c1-17(2)14(19)11-6-7-13(16-9-11)15-8-10-4-3-5-12(10)18/h6-7,9-10,12,18H,3-5,8H2,1-2H3,(H,15,16). The molecule has 5 heteroatoms. The lowest BCUT2D eigenvalue weighted by atomic mass is 10.1. The van der Waals surface area contributed by atoms with E-state index in [1.54, 1.807) is 32.4 Å². The van der Waals surface area contributed by atoms with Crippen LogP contribution in [0.5, 0.6) is 0 Å². The summed E-state index contributed by atoms with van der Waals surface area (Å²) < 4.78 is 0. The van der Waals surface area contributed by atoms with Gasteiger partial charge in [-0.3, -0.25) is 4.79 Å². The number of amides is 1. The molecule has 0 aromatic carbocycles. The maximum absolute atomic E-state index is 11.7. The van der Waals surface area contributed by atoms with E-state index < -0.39 is 0 Å². The van der Waals surface area contributed by atoms with Crippen molar-refractivity contribution < 1.29 is 9.90 Å². The number of aromatic nitrogens is 1. The van der Waals surface area contributed by atoms with Crippen molar-refractivity contribution in [3.63, 3.8) is 0 Å². The molecule has 1 aromatic rings. The van der Waals surface area contributed by atoms with Crippen LogP contribution >= 0.6 is 0 Å². The molecule has 2 rings (SSSR count).